The predicted molar refractivity (Wildman–Crippen MR) is 53.1 cm³/mol. The summed E-state index contributed by atoms with van der Waals surface area (Å²) in [7, 11) is 0. The fourth-order valence-corrected chi connectivity index (χ4v) is 0.635. The number of alkyl halides is 3. The number of rotatable bonds is 0. The molecule has 15 heavy (non-hydrogen) atoms. The minimum absolute atomic E-state index is 0.581. The van der Waals surface area contributed by atoms with Crippen molar-refractivity contribution in [3.63, 3.8) is 0 Å². The topological polar surface area (TPSA) is 12.9 Å². The number of hydrogen-bond acceptors (Lipinski definition) is 1. The van der Waals surface area contributed by atoms with Crippen LogP contribution in [0.3, 0.4) is 0 Å². The Hall–Kier alpha value is -1.50. The van der Waals surface area contributed by atoms with Gasteiger partial charge in [0.1, 0.15) is 0 Å². The van der Waals surface area contributed by atoms with Gasteiger partial charge in [-0.05, 0) is 32.9 Å². The van der Waals surface area contributed by atoms with Crippen molar-refractivity contribution in [2.24, 2.45) is 0 Å². The number of aromatic nitrogens is 1. The summed E-state index contributed by atoms with van der Waals surface area (Å²) in [6.07, 6.45) is -3.45. The van der Waals surface area contributed by atoms with Crippen molar-refractivity contribution in [2.45, 2.75) is 26.9 Å². The molecule has 0 aromatic carbocycles. The van der Waals surface area contributed by atoms with Crippen LogP contribution < -0.4 is 0 Å². The van der Waals surface area contributed by atoms with E-state index in [0.29, 0.717) is 5.69 Å². The first-order valence-corrected chi connectivity index (χ1v) is 4.25. The summed E-state index contributed by atoms with van der Waals surface area (Å²) >= 11 is 0. The number of nitrogens with zero attached hydrogens (tertiary/aromatic N) is 1. The van der Waals surface area contributed by atoms with Gasteiger partial charge in [0.25, 0.3) is 0 Å². The van der Waals surface area contributed by atoms with E-state index in [-0.39, 0.29) is 0 Å². The summed E-state index contributed by atoms with van der Waals surface area (Å²) in [5, 5.41) is 0. The lowest BCUT2D eigenvalue weighted by Gasteiger charge is -2.04. The van der Waals surface area contributed by atoms with E-state index in [1.807, 2.05) is 13.8 Å². The highest BCUT2D eigenvalue weighted by molar-refractivity contribution is 5.15. The van der Waals surface area contributed by atoms with E-state index in [2.05, 4.69) is 16.8 Å². The van der Waals surface area contributed by atoms with E-state index in [1.54, 1.807) is 6.92 Å². The maximum atomic E-state index is 11.9. The lowest BCUT2D eigenvalue weighted by atomic mass is 10.2. The Morgan fingerprint density at radius 2 is 1.67 bits per heavy atom. The van der Waals surface area contributed by atoms with Crippen molar-refractivity contribution in [1.29, 1.82) is 0 Å². The molecule has 0 amide bonds. The number of pyridine rings is 1. The zero-order valence-corrected chi connectivity index (χ0v) is 8.81. The standard InChI is InChI=1S/C7H6F3N.C4H6/c1-5-2-3-6(4-11-5)7(8,9)10;1-3-4-2/h2-4H,1H3;1-2H3. The summed E-state index contributed by atoms with van der Waals surface area (Å²) in [4.78, 5) is 3.53. The van der Waals surface area contributed by atoms with E-state index < -0.39 is 11.7 Å². The summed E-state index contributed by atoms with van der Waals surface area (Å²) in [6.45, 7) is 5.28. The van der Waals surface area contributed by atoms with Gasteiger partial charge in [0, 0.05) is 11.9 Å². The van der Waals surface area contributed by atoms with Crippen LogP contribution in [0.2, 0.25) is 0 Å². The zero-order valence-electron chi connectivity index (χ0n) is 8.81. The van der Waals surface area contributed by atoms with E-state index >= 15 is 0 Å². The quantitative estimate of drug-likeness (QED) is 0.604. The number of hydrogen-bond donors (Lipinski definition) is 0. The second-order valence-electron chi connectivity index (χ2n) is 2.69. The third-order valence-electron chi connectivity index (χ3n) is 1.49. The second kappa shape index (κ2) is 6.07. The Kier molecular flexibility index (Phi) is 5.46. The maximum Gasteiger partial charge on any atom is 0.417 e. The van der Waals surface area contributed by atoms with E-state index in [9.17, 15) is 13.2 Å². The Bertz CT molecular complexity index is 335. The van der Waals surface area contributed by atoms with Crippen LogP contribution >= 0.6 is 0 Å². The van der Waals surface area contributed by atoms with Crippen molar-refractivity contribution in [3.8, 4) is 11.8 Å². The number of aryl methyl sites for hydroxylation is 1. The molecule has 0 N–H and O–H groups in total. The van der Waals surface area contributed by atoms with Gasteiger partial charge in [-0.2, -0.15) is 13.2 Å². The largest absolute Gasteiger partial charge is 0.417 e. The molecule has 1 aromatic rings. The lowest BCUT2D eigenvalue weighted by molar-refractivity contribution is -0.137. The molecule has 1 rings (SSSR count). The van der Waals surface area contributed by atoms with Crippen molar-refractivity contribution in [3.05, 3.63) is 29.6 Å². The molecule has 0 spiro atoms. The van der Waals surface area contributed by atoms with E-state index in [4.69, 9.17) is 0 Å². The van der Waals surface area contributed by atoms with Crippen LogP contribution in [0.15, 0.2) is 18.3 Å². The SMILES string of the molecule is CC#CC.Cc1ccc(C(F)(F)F)cn1. The van der Waals surface area contributed by atoms with Crippen molar-refractivity contribution < 1.29 is 13.2 Å². The first-order chi connectivity index (χ1) is 6.91. The highest BCUT2D eigenvalue weighted by Gasteiger charge is 2.30. The molecule has 0 fully saturated rings. The van der Waals surface area contributed by atoms with Crippen LogP contribution in [-0.2, 0) is 6.18 Å². The summed E-state index contributed by atoms with van der Waals surface area (Å²) in [6, 6.07) is 2.35. The fourth-order valence-electron chi connectivity index (χ4n) is 0.635. The molecule has 0 aliphatic heterocycles. The van der Waals surface area contributed by atoms with Gasteiger partial charge in [-0.15, -0.1) is 11.8 Å². The number of halogens is 3. The van der Waals surface area contributed by atoms with Crippen LogP contribution in [0, 0.1) is 18.8 Å². The maximum absolute atomic E-state index is 11.9. The van der Waals surface area contributed by atoms with Crippen LogP contribution in [0.1, 0.15) is 25.1 Å². The van der Waals surface area contributed by atoms with Crippen molar-refractivity contribution in [2.75, 3.05) is 0 Å². The second-order valence-corrected chi connectivity index (χ2v) is 2.69. The van der Waals surface area contributed by atoms with Gasteiger partial charge in [0.15, 0.2) is 0 Å². The highest BCUT2D eigenvalue weighted by Crippen LogP contribution is 2.28. The Labute approximate surface area is 87.3 Å². The molecule has 1 heterocycles. The molecular weight excluding hydrogens is 203 g/mol. The molecule has 1 aromatic heterocycles. The average Bonchev–Trinajstić information content (AvgIpc) is 2.17. The molecule has 0 atom stereocenters. The van der Waals surface area contributed by atoms with Crippen LogP contribution in [-0.4, -0.2) is 4.98 Å². The van der Waals surface area contributed by atoms with Gasteiger partial charge in [0.05, 0.1) is 5.56 Å². The first-order valence-electron chi connectivity index (χ1n) is 4.25. The van der Waals surface area contributed by atoms with Crippen molar-refractivity contribution >= 4 is 0 Å². The van der Waals surface area contributed by atoms with Crippen molar-refractivity contribution in [1.82, 2.24) is 4.98 Å². The Morgan fingerprint density at radius 3 is 1.93 bits per heavy atom. The Balaban J connectivity index is 0.000000423. The monoisotopic (exact) mass is 215 g/mol. The Morgan fingerprint density at radius 1 is 1.13 bits per heavy atom. The van der Waals surface area contributed by atoms with Gasteiger partial charge in [0.2, 0.25) is 0 Å². The van der Waals surface area contributed by atoms with Gasteiger partial charge in [-0.25, -0.2) is 0 Å². The third-order valence-corrected chi connectivity index (χ3v) is 1.49. The van der Waals surface area contributed by atoms with Gasteiger partial charge >= 0.3 is 6.18 Å². The third kappa shape index (κ3) is 5.74. The van der Waals surface area contributed by atoms with Crippen LogP contribution in [0.5, 0.6) is 0 Å². The molecule has 0 saturated carbocycles. The van der Waals surface area contributed by atoms with Gasteiger partial charge in [-0.1, -0.05) is 0 Å². The molecule has 0 unspecified atom stereocenters. The summed E-state index contributed by atoms with van der Waals surface area (Å²) in [5.41, 5.74) is -0.124. The zero-order chi connectivity index (χ0) is 11.9. The minimum atomic E-state index is -4.28. The first kappa shape index (κ1) is 13.5. The minimum Gasteiger partial charge on any atom is -0.261 e. The molecule has 0 aliphatic carbocycles. The fraction of sp³-hybridized carbons (Fsp3) is 0.364. The predicted octanol–water partition coefficient (Wildman–Crippen LogP) is 3.44. The lowest BCUT2D eigenvalue weighted by Crippen LogP contribution is -2.05. The smallest absolute Gasteiger partial charge is 0.261 e. The molecule has 0 saturated heterocycles. The molecule has 4 heteroatoms. The average molecular weight is 215 g/mol. The molecule has 0 radical (unpaired) electrons. The summed E-state index contributed by atoms with van der Waals surface area (Å²) < 4.78 is 35.6. The molecule has 0 aliphatic rings. The molecule has 0 bridgehead atoms. The normalized spacial score (nSPS) is 9.47. The van der Waals surface area contributed by atoms with E-state index in [0.717, 1.165) is 12.3 Å². The summed E-state index contributed by atoms with van der Waals surface area (Å²) in [5.74, 6) is 5.36. The molecular formula is C11H12F3N. The molecule has 1 nitrogen and oxygen atoms in total. The van der Waals surface area contributed by atoms with E-state index in [1.165, 1.54) is 6.07 Å². The van der Waals surface area contributed by atoms with Crippen LogP contribution in [0.25, 0.3) is 0 Å². The van der Waals surface area contributed by atoms with Gasteiger partial charge in [-0.3, -0.25) is 4.98 Å². The molecule has 82 valence electrons. The van der Waals surface area contributed by atoms with Crippen LogP contribution in [0.4, 0.5) is 13.2 Å². The van der Waals surface area contributed by atoms with Gasteiger partial charge < -0.3 is 0 Å². The highest BCUT2D eigenvalue weighted by atomic mass is 19.4.